The first kappa shape index (κ1) is 11.8. The molecule has 0 saturated heterocycles. The van der Waals surface area contributed by atoms with E-state index >= 15 is 0 Å². The van der Waals surface area contributed by atoms with Crippen molar-refractivity contribution in [3.63, 3.8) is 0 Å². The first-order valence-corrected chi connectivity index (χ1v) is 6.20. The molecule has 2 rings (SSSR count). The lowest BCUT2D eigenvalue weighted by atomic mass is 10.2. The van der Waals surface area contributed by atoms with Crippen LogP contribution in [0.25, 0.3) is 0 Å². The van der Waals surface area contributed by atoms with Crippen molar-refractivity contribution < 1.29 is 9.63 Å². The van der Waals surface area contributed by atoms with Gasteiger partial charge in [0.05, 0.1) is 12.2 Å². The minimum Gasteiger partial charge on any atom is -0.269 e. The maximum atomic E-state index is 11.7. The minimum atomic E-state index is -0.195. The molecule has 0 atom stereocenters. The number of hydrogen-bond donors (Lipinski definition) is 1. The van der Waals surface area contributed by atoms with E-state index < -0.39 is 0 Å². The zero-order valence-electron chi connectivity index (χ0n) is 9.47. The normalized spacial score (nSPS) is 10.2. The highest BCUT2D eigenvalue weighted by Crippen LogP contribution is 2.13. The Bertz CT molecular complexity index is 493. The van der Waals surface area contributed by atoms with Crippen molar-refractivity contribution in [1.29, 1.82) is 0 Å². The van der Waals surface area contributed by atoms with Gasteiger partial charge in [-0.3, -0.25) is 9.63 Å². The fourth-order valence-corrected chi connectivity index (χ4v) is 2.24. The van der Waals surface area contributed by atoms with Gasteiger partial charge in [0.25, 0.3) is 5.91 Å². The Kier molecular flexibility index (Phi) is 3.90. The van der Waals surface area contributed by atoms with E-state index in [9.17, 15) is 4.79 Å². The van der Waals surface area contributed by atoms with Gasteiger partial charge in [-0.15, -0.1) is 0 Å². The summed E-state index contributed by atoms with van der Waals surface area (Å²) in [6.07, 6.45) is 0. The monoisotopic (exact) mass is 247 g/mol. The van der Waals surface area contributed by atoms with E-state index in [2.05, 4.69) is 5.48 Å². The molecule has 0 radical (unpaired) electrons. The number of aryl methyl sites for hydroxylation is 1. The smallest absolute Gasteiger partial charge is 0.269 e. The molecule has 0 aliphatic rings. The van der Waals surface area contributed by atoms with Crippen molar-refractivity contribution in [2.45, 2.75) is 13.5 Å². The topological polar surface area (TPSA) is 38.3 Å². The van der Waals surface area contributed by atoms with Crippen molar-refractivity contribution >= 4 is 17.2 Å². The van der Waals surface area contributed by atoms with E-state index in [1.807, 2.05) is 48.0 Å². The molecule has 0 bridgehead atoms. The highest BCUT2D eigenvalue weighted by molar-refractivity contribution is 7.08. The van der Waals surface area contributed by atoms with Crippen LogP contribution in [0.3, 0.4) is 0 Å². The number of carbonyl (C=O) groups excluding carboxylic acids is 1. The molecule has 0 unspecified atom stereocenters. The van der Waals surface area contributed by atoms with Crippen LogP contribution in [0.5, 0.6) is 0 Å². The van der Waals surface area contributed by atoms with Crippen molar-refractivity contribution in [1.82, 2.24) is 5.48 Å². The molecule has 1 N–H and O–H groups in total. The number of benzene rings is 1. The van der Waals surface area contributed by atoms with E-state index in [-0.39, 0.29) is 5.91 Å². The SMILES string of the molecule is Cc1cscc1C(=O)NOCc1ccccc1. The molecule has 17 heavy (non-hydrogen) atoms. The summed E-state index contributed by atoms with van der Waals surface area (Å²) in [4.78, 5) is 16.9. The molecule has 0 spiro atoms. The maximum Gasteiger partial charge on any atom is 0.275 e. The quantitative estimate of drug-likeness (QED) is 0.844. The van der Waals surface area contributed by atoms with Gasteiger partial charge >= 0.3 is 0 Å². The Labute approximate surface area is 104 Å². The Hall–Kier alpha value is -1.65. The first-order chi connectivity index (χ1) is 8.27. The van der Waals surface area contributed by atoms with Gasteiger partial charge in [-0.25, -0.2) is 5.48 Å². The minimum absolute atomic E-state index is 0.195. The summed E-state index contributed by atoms with van der Waals surface area (Å²) in [7, 11) is 0. The fourth-order valence-electron chi connectivity index (χ4n) is 1.41. The molecule has 0 aliphatic carbocycles. The van der Waals surface area contributed by atoms with E-state index in [0.29, 0.717) is 12.2 Å². The molecular formula is C13H13NO2S. The number of nitrogens with one attached hydrogen (secondary N) is 1. The van der Waals surface area contributed by atoms with E-state index in [1.165, 1.54) is 11.3 Å². The van der Waals surface area contributed by atoms with Crippen LogP contribution in [0.4, 0.5) is 0 Å². The second-order valence-corrected chi connectivity index (χ2v) is 4.42. The number of rotatable bonds is 4. The van der Waals surface area contributed by atoms with Gasteiger partial charge in [-0.2, -0.15) is 11.3 Å². The van der Waals surface area contributed by atoms with Gasteiger partial charge in [0, 0.05) is 5.38 Å². The summed E-state index contributed by atoms with van der Waals surface area (Å²) in [6.45, 7) is 2.28. The molecule has 1 amide bonds. The molecule has 0 saturated carbocycles. The molecule has 1 aromatic carbocycles. The van der Waals surface area contributed by atoms with Crippen molar-refractivity contribution in [3.05, 3.63) is 57.8 Å². The number of hydroxylamine groups is 1. The van der Waals surface area contributed by atoms with Crippen molar-refractivity contribution in [2.75, 3.05) is 0 Å². The van der Waals surface area contributed by atoms with E-state index in [4.69, 9.17) is 4.84 Å². The van der Waals surface area contributed by atoms with Crippen molar-refractivity contribution in [3.8, 4) is 0 Å². The zero-order chi connectivity index (χ0) is 12.1. The van der Waals surface area contributed by atoms with Gasteiger partial charge in [0.15, 0.2) is 0 Å². The molecule has 2 aromatic rings. The Morgan fingerprint density at radius 3 is 2.71 bits per heavy atom. The number of hydrogen-bond acceptors (Lipinski definition) is 3. The van der Waals surface area contributed by atoms with Gasteiger partial charge in [-0.05, 0) is 23.4 Å². The predicted octanol–water partition coefficient (Wildman–Crippen LogP) is 2.92. The molecule has 0 aliphatic heterocycles. The molecule has 0 fully saturated rings. The van der Waals surface area contributed by atoms with Crippen LogP contribution in [0.15, 0.2) is 41.1 Å². The molecule has 3 nitrogen and oxygen atoms in total. The third kappa shape index (κ3) is 3.15. The molecule has 88 valence electrons. The largest absolute Gasteiger partial charge is 0.275 e. The van der Waals surface area contributed by atoms with Gasteiger partial charge < -0.3 is 0 Å². The molecular weight excluding hydrogens is 234 g/mol. The Morgan fingerprint density at radius 1 is 1.29 bits per heavy atom. The highest BCUT2D eigenvalue weighted by Gasteiger charge is 2.09. The molecule has 1 aromatic heterocycles. The second-order valence-electron chi connectivity index (χ2n) is 3.67. The van der Waals surface area contributed by atoms with E-state index in [1.54, 1.807) is 0 Å². The van der Waals surface area contributed by atoms with Gasteiger partial charge in [0.2, 0.25) is 0 Å². The Balaban J connectivity index is 1.84. The predicted molar refractivity (Wildman–Crippen MR) is 67.8 cm³/mol. The Morgan fingerprint density at radius 2 is 2.06 bits per heavy atom. The maximum absolute atomic E-state index is 11.7. The summed E-state index contributed by atoms with van der Waals surface area (Å²) in [6, 6.07) is 9.70. The molecule has 1 heterocycles. The van der Waals surface area contributed by atoms with Crippen molar-refractivity contribution in [2.24, 2.45) is 0 Å². The third-order valence-electron chi connectivity index (χ3n) is 2.35. The summed E-state index contributed by atoms with van der Waals surface area (Å²) < 4.78 is 0. The number of amides is 1. The molecule has 4 heteroatoms. The van der Waals surface area contributed by atoms with Crippen LogP contribution in [-0.4, -0.2) is 5.91 Å². The van der Waals surface area contributed by atoms with Crippen LogP contribution in [-0.2, 0) is 11.4 Å². The zero-order valence-corrected chi connectivity index (χ0v) is 10.3. The lowest BCUT2D eigenvalue weighted by Crippen LogP contribution is -2.23. The summed E-state index contributed by atoms with van der Waals surface area (Å²) >= 11 is 1.51. The van der Waals surface area contributed by atoms with E-state index in [0.717, 1.165) is 11.1 Å². The van der Waals surface area contributed by atoms with Crippen LogP contribution < -0.4 is 5.48 Å². The third-order valence-corrected chi connectivity index (χ3v) is 3.21. The highest BCUT2D eigenvalue weighted by atomic mass is 32.1. The summed E-state index contributed by atoms with van der Waals surface area (Å²) in [5, 5.41) is 3.75. The fraction of sp³-hybridized carbons (Fsp3) is 0.154. The lowest BCUT2D eigenvalue weighted by molar-refractivity contribution is 0.0233. The lowest BCUT2D eigenvalue weighted by Gasteiger charge is -2.05. The van der Waals surface area contributed by atoms with Crippen LogP contribution >= 0.6 is 11.3 Å². The van der Waals surface area contributed by atoms with Gasteiger partial charge in [0.1, 0.15) is 0 Å². The first-order valence-electron chi connectivity index (χ1n) is 5.26. The van der Waals surface area contributed by atoms with Crippen LogP contribution in [0.1, 0.15) is 21.5 Å². The number of carbonyl (C=O) groups is 1. The average Bonchev–Trinajstić information content (AvgIpc) is 2.77. The standard InChI is InChI=1S/C13H13NO2S/c1-10-8-17-9-12(10)13(15)14-16-7-11-5-3-2-4-6-11/h2-6,8-9H,7H2,1H3,(H,14,15). The second kappa shape index (κ2) is 5.61. The number of thiophene rings is 1. The summed E-state index contributed by atoms with van der Waals surface area (Å²) in [5.41, 5.74) is 5.10. The van der Waals surface area contributed by atoms with Crippen LogP contribution in [0, 0.1) is 6.92 Å². The van der Waals surface area contributed by atoms with Crippen LogP contribution in [0.2, 0.25) is 0 Å². The van der Waals surface area contributed by atoms with Gasteiger partial charge in [-0.1, -0.05) is 30.3 Å². The average molecular weight is 247 g/mol. The summed E-state index contributed by atoms with van der Waals surface area (Å²) in [5.74, 6) is -0.195.